The number of halogens is 1. The molecule has 0 spiro atoms. The molecule has 3 nitrogen and oxygen atoms in total. The molecule has 0 atom stereocenters. The minimum absolute atomic E-state index is 0.244. The Balaban J connectivity index is 2.10. The molecule has 1 aliphatic heterocycles. The first-order valence-corrected chi connectivity index (χ1v) is 5.82. The second kappa shape index (κ2) is 3.43. The fourth-order valence-corrected chi connectivity index (χ4v) is 2.68. The van der Waals surface area contributed by atoms with Gasteiger partial charge in [0.15, 0.2) is 0 Å². The Labute approximate surface area is 99.7 Å². The van der Waals surface area contributed by atoms with E-state index in [0.717, 1.165) is 18.4 Å². The summed E-state index contributed by atoms with van der Waals surface area (Å²) in [7, 11) is 1.60. The van der Waals surface area contributed by atoms with Crippen LogP contribution in [0.25, 0.3) is 0 Å². The molecule has 3 rings (SSSR count). The first-order chi connectivity index (χ1) is 8.11. The summed E-state index contributed by atoms with van der Waals surface area (Å²) >= 11 is 0. The summed E-state index contributed by atoms with van der Waals surface area (Å²) in [5.74, 6) is 0.447. The summed E-state index contributed by atoms with van der Waals surface area (Å²) in [5, 5.41) is 0. The number of benzene rings is 1. The molecule has 2 fully saturated rings. The lowest BCUT2D eigenvalue weighted by molar-refractivity contribution is -0.0796. The Morgan fingerprint density at radius 2 is 2.06 bits per heavy atom. The highest BCUT2D eigenvalue weighted by Crippen LogP contribution is 2.55. The maximum Gasteiger partial charge on any atom is 0.123 e. The van der Waals surface area contributed by atoms with E-state index in [1.807, 2.05) is 0 Å². The van der Waals surface area contributed by atoms with Crippen LogP contribution in [-0.4, -0.2) is 25.9 Å². The third-order valence-electron chi connectivity index (χ3n) is 4.12. The van der Waals surface area contributed by atoms with E-state index in [1.54, 1.807) is 13.2 Å². The fraction of sp³-hybridized carbons (Fsp3) is 0.538. The van der Waals surface area contributed by atoms with Crippen molar-refractivity contribution in [3.63, 3.8) is 0 Å². The van der Waals surface area contributed by atoms with Gasteiger partial charge in [-0.3, -0.25) is 0 Å². The molecule has 0 aromatic heterocycles. The van der Waals surface area contributed by atoms with Crippen LogP contribution in [0.5, 0.6) is 5.75 Å². The number of hydrogen-bond acceptors (Lipinski definition) is 3. The normalized spacial score (nSPS) is 23.9. The predicted octanol–water partition coefficient (Wildman–Crippen LogP) is 1.59. The molecule has 0 unspecified atom stereocenters. The van der Waals surface area contributed by atoms with Crippen LogP contribution in [-0.2, 0) is 10.2 Å². The molecule has 1 aromatic carbocycles. The summed E-state index contributed by atoms with van der Waals surface area (Å²) in [6, 6.07) is 4.61. The van der Waals surface area contributed by atoms with Gasteiger partial charge >= 0.3 is 0 Å². The minimum atomic E-state index is -0.263. The van der Waals surface area contributed by atoms with Gasteiger partial charge in [-0.2, -0.15) is 0 Å². The van der Waals surface area contributed by atoms with E-state index < -0.39 is 0 Å². The molecule has 1 saturated heterocycles. The third-order valence-corrected chi connectivity index (χ3v) is 4.12. The zero-order chi connectivity index (χ0) is 12.1. The Morgan fingerprint density at radius 3 is 2.53 bits per heavy atom. The molecule has 0 radical (unpaired) electrons. The van der Waals surface area contributed by atoms with Gasteiger partial charge in [-0.15, -0.1) is 0 Å². The second-order valence-electron chi connectivity index (χ2n) is 5.08. The summed E-state index contributed by atoms with van der Waals surface area (Å²) in [6.45, 7) is 1.12. The van der Waals surface area contributed by atoms with Crippen LogP contribution >= 0.6 is 0 Å². The molecule has 92 valence electrons. The van der Waals surface area contributed by atoms with E-state index in [4.69, 9.17) is 15.2 Å². The third kappa shape index (κ3) is 1.40. The Hall–Kier alpha value is -1.13. The fourth-order valence-electron chi connectivity index (χ4n) is 2.68. The summed E-state index contributed by atoms with van der Waals surface area (Å²) in [5.41, 5.74) is 6.68. The van der Waals surface area contributed by atoms with Crippen LogP contribution in [0.4, 0.5) is 4.39 Å². The van der Waals surface area contributed by atoms with Crippen molar-refractivity contribution in [3.8, 4) is 5.75 Å². The van der Waals surface area contributed by atoms with Crippen LogP contribution in [0.1, 0.15) is 18.4 Å². The first kappa shape index (κ1) is 11.0. The van der Waals surface area contributed by atoms with E-state index in [0.29, 0.717) is 19.0 Å². The highest BCUT2D eigenvalue weighted by atomic mass is 19.1. The quantitative estimate of drug-likeness (QED) is 0.868. The number of ether oxygens (including phenoxy) is 2. The Bertz CT molecular complexity index is 453. The molecule has 2 aliphatic rings. The minimum Gasteiger partial charge on any atom is -0.496 e. The van der Waals surface area contributed by atoms with Gasteiger partial charge in [0.05, 0.1) is 25.7 Å². The molecule has 1 aromatic rings. The largest absolute Gasteiger partial charge is 0.496 e. The van der Waals surface area contributed by atoms with Crippen molar-refractivity contribution >= 4 is 0 Å². The zero-order valence-electron chi connectivity index (χ0n) is 9.83. The van der Waals surface area contributed by atoms with Gasteiger partial charge in [-0.05, 0) is 31.0 Å². The molecule has 1 aliphatic carbocycles. The van der Waals surface area contributed by atoms with Gasteiger partial charge in [0, 0.05) is 11.1 Å². The molecule has 17 heavy (non-hydrogen) atoms. The van der Waals surface area contributed by atoms with Gasteiger partial charge in [0.25, 0.3) is 0 Å². The maximum atomic E-state index is 13.4. The van der Waals surface area contributed by atoms with E-state index >= 15 is 0 Å². The van der Waals surface area contributed by atoms with Crippen molar-refractivity contribution in [3.05, 3.63) is 29.6 Å². The first-order valence-electron chi connectivity index (χ1n) is 5.82. The second-order valence-corrected chi connectivity index (χ2v) is 5.08. The molecular weight excluding hydrogens is 221 g/mol. The number of rotatable bonds is 3. The lowest BCUT2D eigenvalue weighted by atomic mass is 9.70. The van der Waals surface area contributed by atoms with Gasteiger partial charge in [-0.25, -0.2) is 4.39 Å². The SMILES string of the molecule is COc1ccc(F)cc1C1(C2(N)CC2)COC1. The van der Waals surface area contributed by atoms with Crippen molar-refractivity contribution in [2.24, 2.45) is 5.73 Å². The van der Waals surface area contributed by atoms with Crippen molar-refractivity contribution in [1.82, 2.24) is 0 Å². The van der Waals surface area contributed by atoms with Crippen LogP contribution < -0.4 is 10.5 Å². The van der Waals surface area contributed by atoms with Gasteiger partial charge in [-0.1, -0.05) is 0 Å². The molecule has 2 N–H and O–H groups in total. The monoisotopic (exact) mass is 237 g/mol. The van der Waals surface area contributed by atoms with Gasteiger partial charge in [0.2, 0.25) is 0 Å². The Morgan fingerprint density at radius 1 is 1.35 bits per heavy atom. The highest BCUT2D eigenvalue weighted by molar-refractivity contribution is 5.46. The Kier molecular flexibility index (Phi) is 2.22. The van der Waals surface area contributed by atoms with Crippen LogP contribution in [0, 0.1) is 5.82 Å². The lowest BCUT2D eigenvalue weighted by Gasteiger charge is -2.47. The number of methoxy groups -OCH3 is 1. The van der Waals surface area contributed by atoms with E-state index in [1.165, 1.54) is 12.1 Å². The predicted molar refractivity (Wildman–Crippen MR) is 61.6 cm³/mol. The van der Waals surface area contributed by atoms with Crippen LogP contribution in [0.2, 0.25) is 0 Å². The van der Waals surface area contributed by atoms with Crippen molar-refractivity contribution < 1.29 is 13.9 Å². The molecule has 1 saturated carbocycles. The lowest BCUT2D eigenvalue weighted by Crippen LogP contribution is -2.60. The number of nitrogens with two attached hydrogens (primary N) is 1. The molecule has 0 bridgehead atoms. The van der Waals surface area contributed by atoms with Gasteiger partial charge in [0.1, 0.15) is 11.6 Å². The maximum absolute atomic E-state index is 13.4. The average Bonchev–Trinajstić information content (AvgIpc) is 2.96. The van der Waals surface area contributed by atoms with E-state index in [-0.39, 0.29) is 16.8 Å². The number of hydrogen-bond donors (Lipinski definition) is 1. The van der Waals surface area contributed by atoms with Crippen LogP contribution in [0.15, 0.2) is 18.2 Å². The average molecular weight is 237 g/mol. The van der Waals surface area contributed by atoms with Crippen molar-refractivity contribution in [2.45, 2.75) is 23.8 Å². The van der Waals surface area contributed by atoms with Crippen LogP contribution in [0.3, 0.4) is 0 Å². The van der Waals surface area contributed by atoms with Gasteiger partial charge < -0.3 is 15.2 Å². The van der Waals surface area contributed by atoms with E-state index in [9.17, 15) is 4.39 Å². The summed E-state index contributed by atoms with van der Waals surface area (Å²) in [4.78, 5) is 0. The summed E-state index contributed by atoms with van der Waals surface area (Å²) in [6.07, 6.45) is 1.94. The molecule has 0 amide bonds. The molecular formula is C13H16FNO2. The zero-order valence-corrected chi connectivity index (χ0v) is 9.83. The van der Waals surface area contributed by atoms with Crippen molar-refractivity contribution in [2.75, 3.05) is 20.3 Å². The highest BCUT2D eigenvalue weighted by Gasteiger charge is 2.62. The molecule has 1 heterocycles. The summed E-state index contributed by atoms with van der Waals surface area (Å²) < 4.78 is 24.1. The van der Waals surface area contributed by atoms with E-state index in [2.05, 4.69) is 0 Å². The van der Waals surface area contributed by atoms with Crippen molar-refractivity contribution in [1.29, 1.82) is 0 Å². The standard InChI is InChI=1S/C13H16FNO2/c1-16-11-3-2-9(14)6-10(11)12(7-17-8-12)13(15)4-5-13/h2-3,6H,4-5,7-8,15H2,1H3. The molecule has 4 heteroatoms. The topological polar surface area (TPSA) is 44.5 Å². The smallest absolute Gasteiger partial charge is 0.123 e.